The van der Waals surface area contributed by atoms with Gasteiger partial charge >= 0.3 is 6.18 Å². The number of likely N-dealkylation sites (tertiary alicyclic amines) is 1. The minimum atomic E-state index is -4.54. The van der Waals surface area contributed by atoms with Crippen LogP contribution in [0.2, 0.25) is 0 Å². The third-order valence-electron chi connectivity index (χ3n) is 6.52. The highest BCUT2D eigenvalue weighted by molar-refractivity contribution is 6.04. The van der Waals surface area contributed by atoms with E-state index in [0.717, 1.165) is 18.6 Å². The molecule has 1 atom stereocenters. The number of alkyl halides is 3. The predicted molar refractivity (Wildman–Crippen MR) is 127 cm³/mol. The number of nitrogens with one attached hydrogen (secondary N) is 2. The van der Waals surface area contributed by atoms with E-state index in [1.54, 1.807) is 23.1 Å². The number of nitrogens with two attached hydrogens (primary N) is 1. The maximum atomic E-state index is 13.1. The number of aromatic amines is 2. The van der Waals surface area contributed by atoms with E-state index in [0.29, 0.717) is 35.6 Å². The Morgan fingerprint density at radius 1 is 1.14 bits per heavy atom. The van der Waals surface area contributed by atoms with Crippen molar-refractivity contribution in [2.45, 2.75) is 18.6 Å². The number of amides is 1. The molecule has 3 heterocycles. The highest BCUT2D eigenvalue weighted by Gasteiger charge is 2.31. The number of nitrogens with zero attached hydrogens (tertiary/aromatic N) is 3. The SMILES string of the molecule is CN(C)C1CCN(C(=O)c2ccc3[nH]c(-c4nc5ccc(C(F)(F)F)cc5[nH]c4=O)c(N)c3c2)C1. The summed E-state index contributed by atoms with van der Waals surface area (Å²) in [7, 11) is 3.98. The first-order valence-corrected chi connectivity index (χ1v) is 11.0. The van der Waals surface area contributed by atoms with Crippen molar-refractivity contribution in [1.82, 2.24) is 24.8 Å². The number of halogens is 3. The van der Waals surface area contributed by atoms with Crippen LogP contribution in [0.25, 0.3) is 33.3 Å². The third-order valence-corrected chi connectivity index (χ3v) is 6.52. The van der Waals surface area contributed by atoms with Crippen LogP contribution in [-0.2, 0) is 6.18 Å². The average molecular weight is 484 g/mol. The second-order valence-corrected chi connectivity index (χ2v) is 8.98. The molecule has 0 saturated carbocycles. The number of H-pyrrole nitrogens is 2. The van der Waals surface area contributed by atoms with Crippen LogP contribution in [0.1, 0.15) is 22.3 Å². The molecular weight excluding hydrogens is 461 g/mol. The van der Waals surface area contributed by atoms with Gasteiger partial charge in [0, 0.05) is 35.6 Å². The van der Waals surface area contributed by atoms with Crippen molar-refractivity contribution < 1.29 is 18.0 Å². The van der Waals surface area contributed by atoms with E-state index in [9.17, 15) is 22.8 Å². The number of anilines is 1. The van der Waals surface area contributed by atoms with E-state index >= 15 is 0 Å². The topological polar surface area (TPSA) is 111 Å². The summed E-state index contributed by atoms with van der Waals surface area (Å²) >= 11 is 0. The Hall–Kier alpha value is -3.86. The molecule has 0 bridgehead atoms. The van der Waals surface area contributed by atoms with Gasteiger partial charge in [-0.2, -0.15) is 13.2 Å². The van der Waals surface area contributed by atoms with Gasteiger partial charge in [-0.3, -0.25) is 9.59 Å². The summed E-state index contributed by atoms with van der Waals surface area (Å²) in [6, 6.07) is 8.36. The summed E-state index contributed by atoms with van der Waals surface area (Å²) in [4.78, 5) is 39.5. The maximum absolute atomic E-state index is 13.1. The largest absolute Gasteiger partial charge is 0.416 e. The maximum Gasteiger partial charge on any atom is 0.416 e. The van der Waals surface area contributed by atoms with Crippen LogP contribution in [0, 0.1) is 0 Å². The molecule has 0 radical (unpaired) electrons. The molecule has 1 saturated heterocycles. The molecule has 4 aromatic rings. The van der Waals surface area contributed by atoms with Crippen molar-refractivity contribution >= 4 is 33.5 Å². The number of nitrogen functional groups attached to an aromatic ring is 1. The van der Waals surface area contributed by atoms with Gasteiger partial charge in [0.05, 0.1) is 28.0 Å². The zero-order chi connectivity index (χ0) is 25.1. The Morgan fingerprint density at radius 2 is 1.91 bits per heavy atom. The second kappa shape index (κ2) is 8.12. The Bertz CT molecular complexity index is 1520. The second-order valence-electron chi connectivity index (χ2n) is 8.98. The summed E-state index contributed by atoms with van der Waals surface area (Å²) in [5.41, 5.74) is 6.44. The predicted octanol–water partition coefficient (Wildman–Crippen LogP) is 3.45. The standard InChI is InChI=1S/C24H23F3N6O2/c1-32(2)14-7-8-33(11-14)23(35)12-3-5-16-15(9-12)19(28)20(29-16)21-22(34)31-18-10-13(24(25,26)27)4-6-17(18)30-21/h3-6,9-10,14,29H,7-8,11,28H2,1-2H3,(H,31,34). The molecule has 1 fully saturated rings. The number of carbonyl (C=O) groups is 1. The summed E-state index contributed by atoms with van der Waals surface area (Å²) in [6.07, 6.45) is -3.64. The molecule has 35 heavy (non-hydrogen) atoms. The average Bonchev–Trinajstić information content (AvgIpc) is 3.42. The first kappa shape index (κ1) is 22.9. The molecule has 5 rings (SSSR count). The number of hydrogen-bond donors (Lipinski definition) is 3. The lowest BCUT2D eigenvalue weighted by atomic mass is 10.1. The number of hydrogen-bond acceptors (Lipinski definition) is 5. The van der Waals surface area contributed by atoms with E-state index in [4.69, 9.17) is 5.73 Å². The smallest absolute Gasteiger partial charge is 0.396 e. The Morgan fingerprint density at radius 3 is 2.60 bits per heavy atom. The molecule has 0 aliphatic carbocycles. The monoisotopic (exact) mass is 484 g/mol. The molecular formula is C24H23F3N6O2. The molecule has 1 amide bonds. The van der Waals surface area contributed by atoms with Crippen LogP contribution in [0.4, 0.5) is 18.9 Å². The van der Waals surface area contributed by atoms with Gasteiger partial charge in [0.15, 0.2) is 5.69 Å². The molecule has 1 unspecified atom stereocenters. The number of fused-ring (bicyclic) bond motifs is 2. The fourth-order valence-electron chi connectivity index (χ4n) is 4.50. The van der Waals surface area contributed by atoms with Crippen molar-refractivity contribution in [3.63, 3.8) is 0 Å². The third kappa shape index (κ3) is 4.01. The van der Waals surface area contributed by atoms with Crippen molar-refractivity contribution in [3.8, 4) is 11.4 Å². The van der Waals surface area contributed by atoms with Gasteiger partial charge in [0.1, 0.15) is 0 Å². The van der Waals surface area contributed by atoms with Gasteiger partial charge in [-0.25, -0.2) is 4.98 Å². The van der Waals surface area contributed by atoms with E-state index in [1.807, 2.05) is 14.1 Å². The first-order chi connectivity index (χ1) is 16.5. The lowest BCUT2D eigenvalue weighted by molar-refractivity contribution is -0.137. The highest BCUT2D eigenvalue weighted by atomic mass is 19.4. The van der Waals surface area contributed by atoms with Crippen molar-refractivity contribution in [1.29, 1.82) is 0 Å². The summed E-state index contributed by atoms with van der Waals surface area (Å²) < 4.78 is 39.0. The van der Waals surface area contributed by atoms with Gasteiger partial charge in [-0.05, 0) is 56.9 Å². The van der Waals surface area contributed by atoms with Gasteiger partial charge < -0.3 is 25.5 Å². The van der Waals surface area contributed by atoms with Gasteiger partial charge in [0.25, 0.3) is 11.5 Å². The normalized spacial score (nSPS) is 16.6. The molecule has 0 spiro atoms. The van der Waals surface area contributed by atoms with Crippen LogP contribution >= 0.6 is 0 Å². The van der Waals surface area contributed by atoms with Crippen LogP contribution in [0.3, 0.4) is 0 Å². The van der Waals surface area contributed by atoms with E-state index in [1.165, 1.54) is 6.07 Å². The van der Waals surface area contributed by atoms with Crippen molar-refractivity contribution in [2.24, 2.45) is 0 Å². The number of rotatable bonds is 3. The van der Waals surface area contributed by atoms with Crippen molar-refractivity contribution in [2.75, 3.05) is 32.9 Å². The Labute approximate surface area is 197 Å². The summed E-state index contributed by atoms with van der Waals surface area (Å²) in [5.74, 6) is -0.0967. The lowest BCUT2D eigenvalue weighted by Crippen LogP contribution is -2.34. The molecule has 1 aliphatic rings. The Kier molecular flexibility index (Phi) is 5.32. The lowest BCUT2D eigenvalue weighted by Gasteiger charge is -2.20. The highest BCUT2D eigenvalue weighted by Crippen LogP contribution is 2.33. The fourth-order valence-corrected chi connectivity index (χ4v) is 4.50. The first-order valence-electron chi connectivity index (χ1n) is 11.0. The van der Waals surface area contributed by atoms with Crippen LogP contribution in [0.5, 0.6) is 0 Å². The molecule has 2 aromatic carbocycles. The fraction of sp³-hybridized carbons (Fsp3) is 0.292. The zero-order valence-corrected chi connectivity index (χ0v) is 19.0. The number of likely N-dealkylation sites (N-methyl/N-ethyl adjacent to an activating group) is 1. The van der Waals surface area contributed by atoms with Crippen LogP contribution < -0.4 is 11.3 Å². The quantitative estimate of drug-likeness (QED) is 0.413. The minimum Gasteiger partial charge on any atom is -0.396 e. The molecule has 4 N–H and O–H groups in total. The molecule has 11 heteroatoms. The zero-order valence-electron chi connectivity index (χ0n) is 19.0. The van der Waals surface area contributed by atoms with E-state index in [-0.39, 0.29) is 34.0 Å². The van der Waals surface area contributed by atoms with E-state index in [2.05, 4.69) is 19.9 Å². The van der Waals surface area contributed by atoms with Gasteiger partial charge in [-0.1, -0.05) is 0 Å². The number of benzene rings is 2. The molecule has 1 aliphatic heterocycles. The number of aromatic nitrogens is 3. The van der Waals surface area contributed by atoms with Crippen molar-refractivity contribution in [3.05, 3.63) is 57.9 Å². The summed E-state index contributed by atoms with van der Waals surface area (Å²) in [5, 5.41) is 0.558. The summed E-state index contributed by atoms with van der Waals surface area (Å²) in [6.45, 7) is 1.31. The van der Waals surface area contributed by atoms with Gasteiger partial charge in [0.2, 0.25) is 0 Å². The van der Waals surface area contributed by atoms with Gasteiger partial charge in [-0.15, -0.1) is 0 Å². The minimum absolute atomic E-state index is 0.0298. The van der Waals surface area contributed by atoms with Crippen LogP contribution in [0.15, 0.2) is 41.2 Å². The number of carbonyl (C=O) groups excluding carboxylic acids is 1. The molecule has 2 aromatic heterocycles. The van der Waals surface area contributed by atoms with Crippen LogP contribution in [-0.4, -0.2) is 63.9 Å². The Balaban J connectivity index is 1.52. The molecule has 8 nitrogen and oxygen atoms in total. The van der Waals surface area contributed by atoms with E-state index < -0.39 is 17.3 Å². The molecule has 182 valence electrons.